The van der Waals surface area contributed by atoms with E-state index in [1.54, 1.807) is 0 Å². The van der Waals surface area contributed by atoms with Crippen molar-refractivity contribution in [2.24, 2.45) is 0 Å². The van der Waals surface area contributed by atoms with Crippen LogP contribution in [-0.2, 0) is 4.74 Å². The van der Waals surface area contributed by atoms with Gasteiger partial charge in [0.25, 0.3) is 0 Å². The predicted octanol–water partition coefficient (Wildman–Crippen LogP) is 6.11. The van der Waals surface area contributed by atoms with Gasteiger partial charge in [-0.25, -0.2) is 0 Å². The molecule has 0 atom stereocenters. The maximum Gasteiger partial charge on any atom is 0.0466 e. The van der Waals surface area contributed by atoms with Crippen LogP contribution in [0, 0.1) is 0 Å². The molecule has 0 aromatic rings. The Hall–Kier alpha value is -0.0100. The third-order valence-corrected chi connectivity index (χ3v) is 3.64. The molecule has 0 radical (unpaired) electrons. The van der Waals surface area contributed by atoms with E-state index in [1.165, 1.54) is 70.6 Å². The molecule has 0 aromatic carbocycles. The normalized spacial score (nSPS) is 10.8. The predicted molar refractivity (Wildman–Crippen MR) is 87.1 cm³/mol. The van der Waals surface area contributed by atoms with Crippen molar-refractivity contribution in [2.75, 3.05) is 19.1 Å². The first-order valence-corrected chi connectivity index (χ1v) is 8.70. The van der Waals surface area contributed by atoms with E-state index in [4.69, 9.17) is 16.3 Å². The molecule has 0 aliphatic rings. The minimum Gasteiger partial charge on any atom is -0.381 e. The van der Waals surface area contributed by atoms with Crippen LogP contribution in [0.15, 0.2) is 12.7 Å². The van der Waals surface area contributed by atoms with E-state index in [2.05, 4.69) is 6.58 Å². The molecular weight excluding hydrogens is 256 g/mol. The van der Waals surface area contributed by atoms with Gasteiger partial charge in [-0.3, -0.25) is 0 Å². The van der Waals surface area contributed by atoms with Gasteiger partial charge in [0.05, 0.1) is 0 Å². The lowest BCUT2D eigenvalue weighted by molar-refractivity contribution is 0.126. The standard InChI is InChI=1S/C17H33ClO/c1-2-3-4-5-6-7-8-10-13-16-19-17-14-11-9-12-15-18/h2H,1,3-17H2. The SMILES string of the molecule is C=CCCCCCCCCCOCCCCCCCl. The van der Waals surface area contributed by atoms with Crippen molar-refractivity contribution in [1.29, 1.82) is 0 Å². The van der Waals surface area contributed by atoms with Crippen LogP contribution in [0.2, 0.25) is 0 Å². The molecule has 0 saturated carbocycles. The van der Waals surface area contributed by atoms with Crippen LogP contribution in [-0.4, -0.2) is 19.1 Å². The molecule has 0 aromatic heterocycles. The first-order chi connectivity index (χ1) is 9.41. The summed E-state index contributed by atoms with van der Waals surface area (Å²) >= 11 is 5.62. The van der Waals surface area contributed by atoms with Crippen LogP contribution in [0.1, 0.15) is 77.0 Å². The Morgan fingerprint density at radius 3 is 1.68 bits per heavy atom. The molecular formula is C17H33ClO. The van der Waals surface area contributed by atoms with Gasteiger partial charge >= 0.3 is 0 Å². The molecule has 114 valence electrons. The highest BCUT2D eigenvalue weighted by atomic mass is 35.5. The fourth-order valence-corrected chi connectivity index (χ4v) is 2.32. The average molecular weight is 289 g/mol. The van der Waals surface area contributed by atoms with Gasteiger partial charge in [-0.2, -0.15) is 0 Å². The van der Waals surface area contributed by atoms with E-state index in [1.807, 2.05) is 6.08 Å². The van der Waals surface area contributed by atoms with Gasteiger partial charge in [0.1, 0.15) is 0 Å². The lowest BCUT2D eigenvalue weighted by atomic mass is 10.1. The first kappa shape index (κ1) is 19.0. The molecule has 0 aliphatic carbocycles. The van der Waals surface area contributed by atoms with Crippen LogP contribution >= 0.6 is 11.6 Å². The Labute approximate surface area is 125 Å². The van der Waals surface area contributed by atoms with E-state index < -0.39 is 0 Å². The summed E-state index contributed by atoms with van der Waals surface area (Å²) in [6.07, 6.45) is 17.4. The van der Waals surface area contributed by atoms with E-state index in [0.29, 0.717) is 0 Å². The van der Waals surface area contributed by atoms with Crippen molar-refractivity contribution < 1.29 is 4.74 Å². The van der Waals surface area contributed by atoms with Gasteiger partial charge in [0.2, 0.25) is 0 Å². The first-order valence-electron chi connectivity index (χ1n) is 8.16. The van der Waals surface area contributed by atoms with Gasteiger partial charge in [0.15, 0.2) is 0 Å². The highest BCUT2D eigenvalue weighted by Crippen LogP contribution is 2.09. The van der Waals surface area contributed by atoms with Crippen molar-refractivity contribution in [3.05, 3.63) is 12.7 Å². The number of alkyl halides is 1. The molecule has 0 N–H and O–H groups in total. The second kappa shape index (κ2) is 18.0. The summed E-state index contributed by atoms with van der Waals surface area (Å²) in [6.45, 7) is 5.63. The summed E-state index contributed by atoms with van der Waals surface area (Å²) < 4.78 is 5.63. The second-order valence-corrected chi connectivity index (χ2v) is 5.65. The largest absolute Gasteiger partial charge is 0.381 e. The number of ether oxygens (including phenoxy) is 1. The van der Waals surface area contributed by atoms with E-state index in [0.717, 1.165) is 25.5 Å². The molecule has 0 rings (SSSR count). The molecule has 0 fully saturated rings. The molecule has 0 aliphatic heterocycles. The number of hydrogen-bond donors (Lipinski definition) is 0. The smallest absolute Gasteiger partial charge is 0.0466 e. The van der Waals surface area contributed by atoms with Crippen LogP contribution in [0.25, 0.3) is 0 Å². The number of unbranched alkanes of at least 4 members (excludes halogenated alkanes) is 10. The van der Waals surface area contributed by atoms with Crippen molar-refractivity contribution in [1.82, 2.24) is 0 Å². The Morgan fingerprint density at radius 2 is 1.16 bits per heavy atom. The lowest BCUT2D eigenvalue weighted by Gasteiger charge is -2.04. The Bertz CT molecular complexity index is 171. The minimum absolute atomic E-state index is 0.800. The Kier molecular flexibility index (Phi) is 18.0. The van der Waals surface area contributed by atoms with Gasteiger partial charge < -0.3 is 4.74 Å². The van der Waals surface area contributed by atoms with Crippen molar-refractivity contribution in [3.63, 3.8) is 0 Å². The van der Waals surface area contributed by atoms with Crippen LogP contribution in [0.3, 0.4) is 0 Å². The average Bonchev–Trinajstić information content (AvgIpc) is 2.43. The third-order valence-electron chi connectivity index (χ3n) is 3.37. The monoisotopic (exact) mass is 288 g/mol. The van der Waals surface area contributed by atoms with E-state index >= 15 is 0 Å². The zero-order valence-electron chi connectivity index (χ0n) is 12.7. The summed E-state index contributed by atoms with van der Waals surface area (Å²) in [5.74, 6) is 0.800. The number of rotatable bonds is 16. The molecule has 0 spiro atoms. The van der Waals surface area contributed by atoms with Gasteiger partial charge in [-0.15, -0.1) is 18.2 Å². The van der Waals surface area contributed by atoms with Crippen molar-refractivity contribution >= 4 is 11.6 Å². The van der Waals surface area contributed by atoms with Crippen LogP contribution < -0.4 is 0 Å². The van der Waals surface area contributed by atoms with Gasteiger partial charge in [-0.05, 0) is 32.1 Å². The summed E-state index contributed by atoms with van der Waals surface area (Å²) in [5.41, 5.74) is 0. The Morgan fingerprint density at radius 1 is 0.684 bits per heavy atom. The molecule has 0 saturated heterocycles. The molecule has 1 nitrogen and oxygen atoms in total. The molecule has 0 bridgehead atoms. The van der Waals surface area contributed by atoms with E-state index in [9.17, 15) is 0 Å². The van der Waals surface area contributed by atoms with E-state index in [-0.39, 0.29) is 0 Å². The number of allylic oxidation sites excluding steroid dienone is 1. The maximum absolute atomic E-state index is 5.63. The third kappa shape index (κ3) is 18.0. The fraction of sp³-hybridized carbons (Fsp3) is 0.882. The summed E-state index contributed by atoms with van der Waals surface area (Å²) in [6, 6.07) is 0. The fourth-order valence-electron chi connectivity index (χ4n) is 2.13. The zero-order valence-corrected chi connectivity index (χ0v) is 13.4. The quantitative estimate of drug-likeness (QED) is 0.189. The second-order valence-electron chi connectivity index (χ2n) is 5.27. The maximum atomic E-state index is 5.63. The van der Waals surface area contributed by atoms with Crippen LogP contribution in [0.4, 0.5) is 0 Å². The van der Waals surface area contributed by atoms with Crippen molar-refractivity contribution in [3.8, 4) is 0 Å². The Balaban J connectivity index is 2.89. The highest BCUT2D eigenvalue weighted by Gasteiger charge is 1.93. The summed E-state index contributed by atoms with van der Waals surface area (Å²) in [7, 11) is 0. The molecule has 0 heterocycles. The molecule has 0 amide bonds. The number of halogens is 1. The van der Waals surface area contributed by atoms with Gasteiger partial charge in [-0.1, -0.05) is 51.0 Å². The molecule has 0 unspecified atom stereocenters. The summed E-state index contributed by atoms with van der Waals surface area (Å²) in [5, 5.41) is 0. The van der Waals surface area contributed by atoms with Gasteiger partial charge in [0, 0.05) is 19.1 Å². The zero-order chi connectivity index (χ0) is 14.0. The lowest BCUT2D eigenvalue weighted by Crippen LogP contribution is -1.97. The highest BCUT2D eigenvalue weighted by molar-refractivity contribution is 6.17. The summed E-state index contributed by atoms with van der Waals surface area (Å²) in [4.78, 5) is 0. The number of hydrogen-bond acceptors (Lipinski definition) is 1. The van der Waals surface area contributed by atoms with Crippen LogP contribution in [0.5, 0.6) is 0 Å². The molecule has 19 heavy (non-hydrogen) atoms. The minimum atomic E-state index is 0.800. The van der Waals surface area contributed by atoms with Crippen molar-refractivity contribution in [2.45, 2.75) is 77.0 Å². The molecule has 2 heteroatoms. The topological polar surface area (TPSA) is 9.23 Å².